The molecule has 11 heteroatoms. The van der Waals surface area contributed by atoms with Crippen molar-refractivity contribution < 1.29 is 27.1 Å². The number of aryl methyl sites for hydroxylation is 1. The Morgan fingerprint density at radius 1 is 0.970 bits per heavy atom. The molecule has 0 atom stereocenters. The number of para-hydroxylation sites is 2. The van der Waals surface area contributed by atoms with Gasteiger partial charge in [0.2, 0.25) is 0 Å². The number of benzene rings is 3. The number of hydrogen-bond acceptors (Lipinski definition) is 5. The first kappa shape index (κ1) is 24.0. The minimum absolute atomic E-state index is 0.0377. The summed E-state index contributed by atoms with van der Waals surface area (Å²) in [5, 5.41) is -0.117. The van der Waals surface area contributed by atoms with Crippen LogP contribution in [0, 0.1) is 12.7 Å². The Hall–Kier alpha value is -3.63. The molecule has 3 rings (SSSR count). The number of ether oxygens (including phenoxy) is 1. The molecule has 0 unspecified atom stereocenters. The van der Waals surface area contributed by atoms with Gasteiger partial charge in [-0.15, -0.1) is 0 Å². The van der Waals surface area contributed by atoms with Crippen molar-refractivity contribution in [1.29, 1.82) is 0 Å². The average Bonchev–Trinajstić information content (AvgIpc) is 2.79. The quantitative estimate of drug-likeness (QED) is 0.455. The Balaban J connectivity index is 1.79. The Kier molecular flexibility index (Phi) is 7.19. The summed E-state index contributed by atoms with van der Waals surface area (Å²) in [6, 6.07) is 13.6. The van der Waals surface area contributed by atoms with E-state index in [2.05, 4.69) is 15.6 Å². The first-order valence-corrected chi connectivity index (χ1v) is 11.3. The third kappa shape index (κ3) is 5.60. The fraction of sp³-hybridized carbons (Fsp3) is 0.0909. The summed E-state index contributed by atoms with van der Waals surface area (Å²) in [5.41, 5.74) is 4.98. The van der Waals surface area contributed by atoms with Crippen LogP contribution in [0.3, 0.4) is 0 Å². The summed E-state index contributed by atoms with van der Waals surface area (Å²) in [4.78, 5) is 24.4. The second-order valence-electron chi connectivity index (χ2n) is 6.82. The summed E-state index contributed by atoms with van der Waals surface area (Å²) in [5.74, 6) is -1.85. The molecule has 2 amide bonds. The second kappa shape index (κ2) is 9.88. The summed E-state index contributed by atoms with van der Waals surface area (Å²) in [6.07, 6.45) is 0. The Bertz CT molecular complexity index is 1330. The molecule has 0 heterocycles. The van der Waals surface area contributed by atoms with E-state index < -0.39 is 27.7 Å². The fourth-order valence-corrected chi connectivity index (χ4v) is 4.47. The van der Waals surface area contributed by atoms with Crippen molar-refractivity contribution in [2.45, 2.75) is 11.8 Å². The minimum atomic E-state index is -4.19. The maximum absolute atomic E-state index is 13.4. The molecule has 0 aliphatic heterocycles. The van der Waals surface area contributed by atoms with Crippen LogP contribution in [0.4, 0.5) is 10.1 Å². The maximum atomic E-state index is 13.4. The van der Waals surface area contributed by atoms with Crippen LogP contribution in [-0.4, -0.2) is 27.3 Å². The highest BCUT2D eigenvalue weighted by atomic mass is 35.5. The molecule has 0 fully saturated rings. The smallest absolute Gasteiger partial charge is 0.270 e. The zero-order chi connectivity index (χ0) is 24.2. The molecule has 8 nitrogen and oxygen atoms in total. The molecule has 0 aromatic heterocycles. The first-order valence-electron chi connectivity index (χ1n) is 9.44. The predicted octanol–water partition coefficient (Wildman–Crippen LogP) is 3.67. The molecular weight excluding hydrogens is 473 g/mol. The molecule has 3 N–H and O–H groups in total. The van der Waals surface area contributed by atoms with Gasteiger partial charge in [0.05, 0.1) is 17.8 Å². The molecule has 172 valence electrons. The van der Waals surface area contributed by atoms with E-state index in [-0.39, 0.29) is 26.7 Å². The zero-order valence-corrected chi connectivity index (χ0v) is 19.1. The third-order valence-corrected chi connectivity index (χ3v) is 6.42. The van der Waals surface area contributed by atoms with Gasteiger partial charge < -0.3 is 4.74 Å². The van der Waals surface area contributed by atoms with Crippen LogP contribution >= 0.6 is 11.6 Å². The van der Waals surface area contributed by atoms with Crippen molar-refractivity contribution in [1.82, 2.24) is 10.9 Å². The number of hydrazine groups is 1. The van der Waals surface area contributed by atoms with Crippen molar-refractivity contribution >= 4 is 39.1 Å². The van der Waals surface area contributed by atoms with Crippen molar-refractivity contribution in [2.75, 3.05) is 11.8 Å². The summed E-state index contributed by atoms with van der Waals surface area (Å²) >= 11 is 6.08. The van der Waals surface area contributed by atoms with Gasteiger partial charge in [0, 0.05) is 11.1 Å². The normalized spacial score (nSPS) is 10.9. The Morgan fingerprint density at radius 2 is 1.67 bits per heavy atom. The van der Waals surface area contributed by atoms with Gasteiger partial charge in [-0.2, -0.15) is 0 Å². The highest BCUT2D eigenvalue weighted by molar-refractivity contribution is 7.92. The number of sulfonamides is 1. The summed E-state index contributed by atoms with van der Waals surface area (Å²) in [7, 11) is -2.79. The molecule has 0 aliphatic carbocycles. The van der Waals surface area contributed by atoms with Gasteiger partial charge >= 0.3 is 0 Å². The highest BCUT2D eigenvalue weighted by Crippen LogP contribution is 2.29. The van der Waals surface area contributed by atoms with E-state index >= 15 is 0 Å². The SMILES string of the molecule is COc1ccccc1NS(=O)(=O)c1cc(C(=O)NNC(=O)c2cc(F)ccc2C)ccc1Cl. The predicted molar refractivity (Wildman–Crippen MR) is 121 cm³/mol. The number of anilines is 1. The zero-order valence-electron chi connectivity index (χ0n) is 17.5. The lowest BCUT2D eigenvalue weighted by Crippen LogP contribution is -2.42. The van der Waals surface area contributed by atoms with Crippen LogP contribution in [0.5, 0.6) is 5.75 Å². The van der Waals surface area contributed by atoms with E-state index in [4.69, 9.17) is 16.3 Å². The molecule has 33 heavy (non-hydrogen) atoms. The molecule has 0 aliphatic rings. The third-order valence-electron chi connectivity index (χ3n) is 4.57. The van der Waals surface area contributed by atoms with Crippen molar-refractivity contribution in [3.63, 3.8) is 0 Å². The Labute approximate surface area is 194 Å². The molecule has 0 spiro atoms. The lowest BCUT2D eigenvalue weighted by Gasteiger charge is -2.14. The van der Waals surface area contributed by atoms with Gasteiger partial charge in [0.15, 0.2) is 0 Å². The van der Waals surface area contributed by atoms with Gasteiger partial charge in [-0.3, -0.25) is 25.2 Å². The van der Waals surface area contributed by atoms with Gasteiger partial charge in [-0.05, 0) is 55.0 Å². The van der Waals surface area contributed by atoms with E-state index in [9.17, 15) is 22.4 Å². The second-order valence-corrected chi connectivity index (χ2v) is 8.88. The van der Waals surface area contributed by atoms with Crippen LogP contribution in [-0.2, 0) is 10.0 Å². The topological polar surface area (TPSA) is 114 Å². The summed E-state index contributed by atoms with van der Waals surface area (Å²) in [6.45, 7) is 1.61. The molecule has 0 saturated heterocycles. The number of nitrogens with one attached hydrogen (secondary N) is 3. The molecular formula is C22H19ClFN3O5S. The number of hydrogen-bond donors (Lipinski definition) is 3. The van der Waals surface area contributed by atoms with Crippen LogP contribution in [0.2, 0.25) is 5.02 Å². The van der Waals surface area contributed by atoms with Crippen LogP contribution < -0.4 is 20.3 Å². The van der Waals surface area contributed by atoms with E-state index in [0.717, 1.165) is 12.1 Å². The first-order chi connectivity index (χ1) is 15.6. The van der Waals surface area contributed by atoms with Gasteiger partial charge in [-0.1, -0.05) is 29.8 Å². The fourth-order valence-electron chi connectivity index (χ4n) is 2.87. The van der Waals surface area contributed by atoms with Crippen molar-refractivity contribution in [2.24, 2.45) is 0 Å². The number of methoxy groups -OCH3 is 1. The number of rotatable bonds is 6. The molecule has 3 aromatic rings. The van der Waals surface area contributed by atoms with E-state index in [0.29, 0.717) is 11.3 Å². The molecule has 0 saturated carbocycles. The molecule has 3 aromatic carbocycles. The Morgan fingerprint density at radius 3 is 2.39 bits per heavy atom. The van der Waals surface area contributed by atoms with Crippen LogP contribution in [0.15, 0.2) is 65.6 Å². The van der Waals surface area contributed by atoms with Crippen LogP contribution in [0.1, 0.15) is 26.3 Å². The molecule has 0 radical (unpaired) electrons. The summed E-state index contributed by atoms with van der Waals surface area (Å²) < 4.78 is 46.7. The van der Waals surface area contributed by atoms with Gasteiger partial charge in [0.1, 0.15) is 16.5 Å². The monoisotopic (exact) mass is 491 g/mol. The number of halogens is 2. The lowest BCUT2D eigenvalue weighted by molar-refractivity contribution is 0.0846. The van der Waals surface area contributed by atoms with Gasteiger partial charge in [-0.25, -0.2) is 12.8 Å². The van der Waals surface area contributed by atoms with E-state index in [1.807, 2.05) is 0 Å². The van der Waals surface area contributed by atoms with Gasteiger partial charge in [0.25, 0.3) is 21.8 Å². The average molecular weight is 492 g/mol. The number of carbonyl (C=O) groups excluding carboxylic acids is 2. The maximum Gasteiger partial charge on any atom is 0.270 e. The van der Waals surface area contributed by atoms with Crippen LogP contribution in [0.25, 0.3) is 0 Å². The van der Waals surface area contributed by atoms with E-state index in [1.54, 1.807) is 25.1 Å². The minimum Gasteiger partial charge on any atom is -0.495 e. The van der Waals surface area contributed by atoms with Crippen molar-refractivity contribution in [3.05, 3.63) is 88.2 Å². The number of carbonyl (C=O) groups is 2. The lowest BCUT2D eigenvalue weighted by atomic mass is 10.1. The number of amides is 2. The standard InChI is InChI=1S/C22H19ClFN3O5S/c1-13-7-9-15(24)12-16(13)22(29)26-25-21(28)14-8-10-17(23)20(11-14)33(30,31)27-18-5-3-4-6-19(18)32-2/h3-12,27H,1-2H3,(H,25,28)(H,26,29). The highest BCUT2D eigenvalue weighted by Gasteiger charge is 2.22. The van der Waals surface area contributed by atoms with E-state index in [1.165, 1.54) is 37.4 Å². The molecule has 0 bridgehead atoms. The largest absolute Gasteiger partial charge is 0.495 e. The van der Waals surface area contributed by atoms with Crippen molar-refractivity contribution in [3.8, 4) is 5.75 Å².